The van der Waals surface area contributed by atoms with E-state index in [0.29, 0.717) is 32.2 Å². The fraction of sp³-hybridized carbons (Fsp3) is 0.520. The Morgan fingerprint density at radius 1 is 0.938 bits per heavy atom. The largest absolute Gasteiger partial charge is 0.491 e. The van der Waals surface area contributed by atoms with Crippen LogP contribution < -0.4 is 4.74 Å². The summed E-state index contributed by atoms with van der Waals surface area (Å²) in [5.41, 5.74) is 4.59. The molecule has 3 rings (SSSR count). The van der Waals surface area contributed by atoms with Crippen molar-refractivity contribution in [3.8, 4) is 5.75 Å². The van der Waals surface area contributed by atoms with Gasteiger partial charge in [0.1, 0.15) is 18.5 Å². The van der Waals surface area contributed by atoms with Crippen LogP contribution in [0.15, 0.2) is 42.5 Å². The van der Waals surface area contributed by atoms with Crippen molar-refractivity contribution in [1.29, 1.82) is 0 Å². The lowest BCUT2D eigenvalue weighted by molar-refractivity contribution is -0.0561. The van der Waals surface area contributed by atoms with E-state index in [4.69, 9.17) is 14.2 Å². The maximum absolute atomic E-state index is 10.6. The van der Waals surface area contributed by atoms with Crippen LogP contribution in [0.1, 0.15) is 27.5 Å². The third kappa shape index (κ3) is 6.47. The maximum Gasteiger partial charge on any atom is 0.119 e. The second kappa shape index (κ2) is 12.0. The Morgan fingerprint density at radius 2 is 1.66 bits per heavy atom. The predicted molar refractivity (Wildman–Crippen MR) is 129 cm³/mol. The zero-order valence-corrected chi connectivity index (χ0v) is 20.0. The lowest BCUT2D eigenvalue weighted by Crippen LogP contribution is -2.47. The van der Waals surface area contributed by atoms with Crippen LogP contribution in [0.5, 0.6) is 5.75 Å². The summed E-state index contributed by atoms with van der Waals surface area (Å²) in [7, 11) is 1.02. The van der Waals surface area contributed by atoms with Gasteiger partial charge in [0.05, 0.1) is 32.0 Å². The Balaban J connectivity index is 1.63. The molecular formula is C25H36O6S. The lowest BCUT2D eigenvalue weighted by Gasteiger charge is -2.42. The van der Waals surface area contributed by atoms with E-state index in [1.54, 1.807) is 7.11 Å². The van der Waals surface area contributed by atoms with Gasteiger partial charge in [0, 0.05) is 18.1 Å². The van der Waals surface area contributed by atoms with Gasteiger partial charge in [-0.1, -0.05) is 30.3 Å². The van der Waals surface area contributed by atoms with Crippen molar-refractivity contribution in [1.82, 2.24) is 0 Å². The number of aliphatic hydroxyl groups excluding tert-OH is 3. The Bertz CT molecular complexity index is 843. The number of aliphatic hydroxyl groups is 3. The first-order valence-corrected chi connectivity index (χ1v) is 13.1. The third-order valence-corrected chi connectivity index (χ3v) is 8.48. The molecule has 2 aromatic carbocycles. The highest BCUT2D eigenvalue weighted by Gasteiger charge is 2.40. The van der Waals surface area contributed by atoms with Crippen molar-refractivity contribution in [2.45, 2.75) is 36.9 Å². The van der Waals surface area contributed by atoms with Gasteiger partial charge >= 0.3 is 0 Å². The van der Waals surface area contributed by atoms with E-state index in [0.717, 1.165) is 17.7 Å². The van der Waals surface area contributed by atoms with Crippen LogP contribution >= 0.6 is 10.9 Å². The van der Waals surface area contributed by atoms with E-state index >= 15 is 0 Å². The fourth-order valence-electron chi connectivity index (χ4n) is 4.10. The summed E-state index contributed by atoms with van der Waals surface area (Å²) in [6.07, 6.45) is -0.0313. The second-order valence-corrected chi connectivity index (χ2v) is 10.8. The Hall–Kier alpha value is -1.61. The number of benzene rings is 2. The van der Waals surface area contributed by atoms with Crippen LogP contribution in [-0.2, 0) is 15.9 Å². The van der Waals surface area contributed by atoms with Gasteiger partial charge in [-0.05, 0) is 54.0 Å². The van der Waals surface area contributed by atoms with Crippen molar-refractivity contribution in [2.75, 3.05) is 45.5 Å². The molecule has 0 aromatic heterocycles. The number of rotatable bonds is 10. The zero-order valence-electron chi connectivity index (χ0n) is 19.1. The highest BCUT2D eigenvalue weighted by Crippen LogP contribution is 2.48. The molecule has 32 heavy (non-hydrogen) atoms. The molecule has 1 heterocycles. The normalized spacial score (nSPS) is 26.8. The quantitative estimate of drug-likeness (QED) is 0.319. The van der Waals surface area contributed by atoms with E-state index in [-0.39, 0.29) is 5.25 Å². The zero-order chi connectivity index (χ0) is 23.1. The Morgan fingerprint density at radius 3 is 2.38 bits per heavy atom. The van der Waals surface area contributed by atoms with Crippen LogP contribution in [0.25, 0.3) is 0 Å². The molecule has 2 aromatic rings. The van der Waals surface area contributed by atoms with Crippen molar-refractivity contribution >= 4 is 10.9 Å². The van der Waals surface area contributed by atoms with Gasteiger partial charge in [-0.15, -0.1) is 0 Å². The highest BCUT2D eigenvalue weighted by molar-refractivity contribution is 8.16. The first-order chi connectivity index (χ1) is 15.4. The van der Waals surface area contributed by atoms with Crippen LogP contribution in [0.4, 0.5) is 0 Å². The van der Waals surface area contributed by atoms with Crippen molar-refractivity contribution < 1.29 is 29.5 Å². The fourth-order valence-corrected chi connectivity index (χ4v) is 6.50. The summed E-state index contributed by atoms with van der Waals surface area (Å²) < 4.78 is 16.1. The second-order valence-electron chi connectivity index (χ2n) is 8.39. The molecule has 3 N–H and O–H groups in total. The number of hydrogen-bond donors (Lipinski definition) is 4. The number of methoxy groups -OCH3 is 1. The monoisotopic (exact) mass is 464 g/mol. The molecular weight excluding hydrogens is 428 g/mol. The third-order valence-electron chi connectivity index (χ3n) is 5.98. The summed E-state index contributed by atoms with van der Waals surface area (Å²) in [4.78, 5) is 0. The molecule has 0 radical (unpaired) electrons. The van der Waals surface area contributed by atoms with Gasteiger partial charge in [-0.25, -0.2) is 10.9 Å². The van der Waals surface area contributed by atoms with Crippen LogP contribution in [0.2, 0.25) is 0 Å². The summed E-state index contributed by atoms with van der Waals surface area (Å²) in [5.74, 6) is 1.35. The van der Waals surface area contributed by atoms with E-state index in [1.807, 2.05) is 18.2 Å². The Labute approximate surface area is 193 Å². The number of aryl methyl sites for hydroxylation is 1. The summed E-state index contributed by atoms with van der Waals surface area (Å²) in [6, 6.07) is 14.3. The van der Waals surface area contributed by atoms with Gasteiger partial charge < -0.3 is 29.5 Å². The van der Waals surface area contributed by atoms with Gasteiger partial charge in [-0.2, -0.15) is 0 Å². The van der Waals surface area contributed by atoms with Crippen LogP contribution in [0, 0.1) is 6.92 Å². The first-order valence-electron chi connectivity index (χ1n) is 11.0. The van der Waals surface area contributed by atoms with Gasteiger partial charge in [0.2, 0.25) is 0 Å². The molecule has 6 nitrogen and oxygen atoms in total. The molecule has 0 amide bonds. The molecule has 1 saturated heterocycles. The minimum Gasteiger partial charge on any atom is -0.491 e. The molecule has 1 aliphatic heterocycles. The van der Waals surface area contributed by atoms with Gasteiger partial charge in [-0.3, -0.25) is 0 Å². The maximum atomic E-state index is 10.6. The molecule has 1 aliphatic rings. The molecule has 0 saturated carbocycles. The summed E-state index contributed by atoms with van der Waals surface area (Å²) in [5, 5.41) is 30.7. The standard InChI is InChI=1S/C25H36O6S/c1-17-4-7-19(25-24(28)23(27)22(26)16-32(25)3)15-20(17)14-18-5-8-21(9-6-18)31-13-12-30-11-10-29-2/h4-9,15,22-28,32H,10-14,16H2,1-3H3/t22-,23-,24-,25+/m1/s1. The molecule has 178 valence electrons. The average molecular weight is 465 g/mol. The highest BCUT2D eigenvalue weighted by atomic mass is 32.2. The lowest BCUT2D eigenvalue weighted by atomic mass is 9.94. The first kappa shape index (κ1) is 25.0. The van der Waals surface area contributed by atoms with Crippen molar-refractivity contribution in [2.24, 2.45) is 0 Å². The average Bonchev–Trinajstić information content (AvgIpc) is 2.78. The van der Waals surface area contributed by atoms with Crippen LogP contribution in [-0.4, -0.2) is 79.2 Å². The smallest absolute Gasteiger partial charge is 0.119 e. The van der Waals surface area contributed by atoms with Crippen molar-refractivity contribution in [3.05, 3.63) is 64.7 Å². The minimum absolute atomic E-state index is 0.135. The molecule has 0 bridgehead atoms. The van der Waals surface area contributed by atoms with Crippen LogP contribution in [0.3, 0.4) is 0 Å². The molecule has 1 unspecified atom stereocenters. The number of ether oxygens (including phenoxy) is 3. The molecule has 7 heteroatoms. The molecule has 0 spiro atoms. The van der Waals surface area contributed by atoms with Gasteiger partial charge in [0.25, 0.3) is 0 Å². The Kier molecular flexibility index (Phi) is 9.40. The predicted octanol–water partition coefficient (Wildman–Crippen LogP) is 2.40. The number of hydrogen-bond acceptors (Lipinski definition) is 6. The minimum atomic E-state index is -1.10. The van der Waals surface area contributed by atoms with E-state index in [2.05, 4.69) is 37.4 Å². The van der Waals surface area contributed by atoms with E-state index in [1.165, 1.54) is 16.7 Å². The topological polar surface area (TPSA) is 88.4 Å². The SMILES string of the molecule is COCCOCCOc1ccc(Cc2cc([C@H]3[C@H](O)[C@H](O)[C@H](O)C[SH]3C)ccc2C)cc1. The molecule has 1 fully saturated rings. The summed E-state index contributed by atoms with van der Waals surface area (Å²) in [6.45, 7) is 4.25. The van der Waals surface area contributed by atoms with Crippen molar-refractivity contribution in [3.63, 3.8) is 0 Å². The number of thiol groups is 1. The van der Waals surface area contributed by atoms with E-state index in [9.17, 15) is 15.3 Å². The molecule has 5 atom stereocenters. The van der Waals surface area contributed by atoms with Gasteiger partial charge in [0.15, 0.2) is 0 Å². The van der Waals surface area contributed by atoms with E-state index < -0.39 is 29.2 Å². The molecule has 0 aliphatic carbocycles. The summed E-state index contributed by atoms with van der Waals surface area (Å²) >= 11 is 0.